The van der Waals surface area contributed by atoms with Gasteiger partial charge in [-0.15, -0.1) is 0 Å². The van der Waals surface area contributed by atoms with Crippen LogP contribution in [0.25, 0.3) is 0 Å². The zero-order valence-electron chi connectivity index (χ0n) is 15.7. The van der Waals surface area contributed by atoms with Gasteiger partial charge in [-0.25, -0.2) is 5.01 Å². The van der Waals surface area contributed by atoms with Crippen molar-refractivity contribution in [3.63, 3.8) is 0 Å². The Labute approximate surface area is 177 Å². The largest absolute Gasteiger partial charge is 0.464 e. The van der Waals surface area contributed by atoms with Crippen molar-refractivity contribution in [3.8, 4) is 11.5 Å². The summed E-state index contributed by atoms with van der Waals surface area (Å²) in [6, 6.07) is 21.8. The lowest BCUT2D eigenvalue weighted by Crippen LogP contribution is -2.34. The van der Waals surface area contributed by atoms with Crippen molar-refractivity contribution < 1.29 is 18.3 Å². The molecule has 2 heterocycles. The number of nitrogens with zero attached hydrogens (tertiary/aromatic N) is 2. The zero-order chi connectivity index (χ0) is 20.7. The van der Waals surface area contributed by atoms with E-state index in [0.717, 1.165) is 16.8 Å². The molecule has 0 fully saturated rings. The molecule has 0 spiro atoms. The molecule has 3 aromatic carbocycles. The molecule has 0 saturated carbocycles. The number of halogens is 3. The third-order valence-corrected chi connectivity index (χ3v) is 5.53. The van der Waals surface area contributed by atoms with Crippen LogP contribution in [0.15, 0.2) is 77.9 Å². The fourth-order valence-electron chi connectivity index (χ4n) is 3.94. The van der Waals surface area contributed by atoms with Crippen molar-refractivity contribution in [2.24, 2.45) is 5.10 Å². The van der Waals surface area contributed by atoms with Crippen LogP contribution in [0.2, 0.25) is 5.02 Å². The Kier molecular flexibility index (Phi) is 4.79. The second kappa shape index (κ2) is 7.61. The molecule has 2 atom stereocenters. The molecule has 2 aliphatic rings. The number of rotatable bonds is 4. The summed E-state index contributed by atoms with van der Waals surface area (Å²) < 4.78 is 36.9. The lowest BCUT2D eigenvalue weighted by atomic mass is 9.96. The van der Waals surface area contributed by atoms with E-state index in [-0.39, 0.29) is 11.8 Å². The molecule has 30 heavy (non-hydrogen) atoms. The summed E-state index contributed by atoms with van der Waals surface area (Å²) in [7, 11) is 0. The van der Waals surface area contributed by atoms with Crippen LogP contribution >= 0.6 is 11.6 Å². The average molecular weight is 427 g/mol. The van der Waals surface area contributed by atoms with E-state index >= 15 is 0 Å². The Balaban J connectivity index is 1.59. The van der Waals surface area contributed by atoms with E-state index < -0.39 is 12.8 Å². The number of para-hydroxylation sites is 2. The predicted octanol–water partition coefficient (Wildman–Crippen LogP) is 6.18. The highest BCUT2D eigenvalue weighted by atomic mass is 35.5. The first-order valence-corrected chi connectivity index (χ1v) is 9.89. The number of hydrogen-bond donors (Lipinski definition) is 0. The minimum absolute atomic E-state index is 0.0748. The molecule has 0 aromatic heterocycles. The van der Waals surface area contributed by atoms with Gasteiger partial charge in [0.15, 0.2) is 0 Å². The van der Waals surface area contributed by atoms with Gasteiger partial charge in [-0.3, -0.25) is 0 Å². The first-order chi connectivity index (χ1) is 14.6. The van der Waals surface area contributed by atoms with E-state index in [1.54, 1.807) is 18.2 Å². The molecule has 2 aliphatic heterocycles. The third-order valence-electron chi connectivity index (χ3n) is 5.28. The van der Waals surface area contributed by atoms with Crippen LogP contribution in [-0.2, 0) is 0 Å². The van der Waals surface area contributed by atoms with Crippen molar-refractivity contribution in [2.75, 3.05) is 0 Å². The van der Waals surface area contributed by atoms with E-state index in [4.69, 9.17) is 26.2 Å². The van der Waals surface area contributed by atoms with E-state index in [0.29, 0.717) is 22.8 Å². The molecule has 7 heteroatoms. The van der Waals surface area contributed by atoms with Crippen LogP contribution in [0.1, 0.15) is 35.4 Å². The van der Waals surface area contributed by atoms with Crippen LogP contribution in [0.4, 0.5) is 8.78 Å². The van der Waals surface area contributed by atoms with Gasteiger partial charge in [0.05, 0.1) is 17.3 Å². The van der Waals surface area contributed by atoms with Crippen molar-refractivity contribution in [3.05, 3.63) is 94.5 Å². The molecule has 3 aromatic rings. The smallest absolute Gasteiger partial charge is 0.387 e. The molecule has 0 N–H and O–H groups in total. The van der Waals surface area contributed by atoms with Gasteiger partial charge < -0.3 is 9.47 Å². The van der Waals surface area contributed by atoms with Crippen molar-refractivity contribution in [1.82, 2.24) is 5.01 Å². The second-order valence-electron chi connectivity index (χ2n) is 7.08. The highest BCUT2D eigenvalue weighted by Crippen LogP contribution is 2.48. The second-order valence-corrected chi connectivity index (χ2v) is 7.51. The number of hydrazone groups is 1. The van der Waals surface area contributed by atoms with Gasteiger partial charge in [0.25, 0.3) is 0 Å². The van der Waals surface area contributed by atoms with Crippen LogP contribution in [0.3, 0.4) is 0 Å². The predicted molar refractivity (Wildman–Crippen MR) is 110 cm³/mol. The summed E-state index contributed by atoms with van der Waals surface area (Å²) >= 11 is 6.02. The van der Waals surface area contributed by atoms with Crippen molar-refractivity contribution in [1.29, 1.82) is 0 Å². The summed E-state index contributed by atoms with van der Waals surface area (Å²) in [6.07, 6.45) is -0.0271. The molecule has 0 unspecified atom stereocenters. The van der Waals surface area contributed by atoms with Gasteiger partial charge in [0.2, 0.25) is 6.23 Å². The number of benzene rings is 3. The van der Waals surface area contributed by atoms with E-state index in [9.17, 15) is 8.78 Å². The standard InChI is InChI=1S/C23H17ClF2N2O2/c24-15-11-9-14(10-12-15)18-13-19-16-5-1-3-7-20(16)29-22(28(19)27-18)17-6-2-4-8-21(17)30-23(25)26/h1-12,19,22-23H,13H2/t19-,22-/m0/s1. The van der Waals surface area contributed by atoms with E-state index in [1.165, 1.54) is 6.07 Å². The third kappa shape index (κ3) is 3.37. The van der Waals surface area contributed by atoms with Gasteiger partial charge in [-0.2, -0.15) is 13.9 Å². The Hall–Kier alpha value is -3.12. The molecular weight excluding hydrogens is 410 g/mol. The van der Waals surface area contributed by atoms with Crippen LogP contribution in [0, 0.1) is 0 Å². The molecule has 0 bridgehead atoms. The molecule has 0 radical (unpaired) electrons. The molecule has 152 valence electrons. The summed E-state index contributed by atoms with van der Waals surface area (Å²) in [5.41, 5.74) is 3.35. The Morgan fingerprint density at radius 3 is 2.43 bits per heavy atom. The summed E-state index contributed by atoms with van der Waals surface area (Å²) in [5.74, 6) is 0.786. The fourth-order valence-corrected chi connectivity index (χ4v) is 4.07. The van der Waals surface area contributed by atoms with Gasteiger partial charge >= 0.3 is 6.61 Å². The quantitative estimate of drug-likeness (QED) is 0.499. The molecule has 4 nitrogen and oxygen atoms in total. The summed E-state index contributed by atoms with van der Waals surface area (Å²) in [4.78, 5) is 0. The Morgan fingerprint density at radius 2 is 1.67 bits per heavy atom. The number of hydrogen-bond acceptors (Lipinski definition) is 4. The first kappa shape index (κ1) is 18.9. The molecule has 0 amide bonds. The summed E-state index contributed by atoms with van der Waals surface area (Å²) in [6.45, 7) is -2.93. The first-order valence-electron chi connectivity index (χ1n) is 9.51. The topological polar surface area (TPSA) is 34.1 Å². The summed E-state index contributed by atoms with van der Waals surface area (Å²) in [5, 5.41) is 7.31. The van der Waals surface area contributed by atoms with Crippen molar-refractivity contribution in [2.45, 2.75) is 25.3 Å². The van der Waals surface area contributed by atoms with Gasteiger partial charge in [-0.05, 0) is 35.9 Å². The van der Waals surface area contributed by atoms with Gasteiger partial charge in [-0.1, -0.05) is 54.1 Å². The number of fused-ring (bicyclic) bond motifs is 3. The molecule has 0 aliphatic carbocycles. The maximum atomic E-state index is 13.0. The van der Waals surface area contributed by atoms with Crippen LogP contribution < -0.4 is 9.47 Å². The lowest BCUT2D eigenvalue weighted by molar-refractivity contribution is -0.0578. The van der Waals surface area contributed by atoms with Crippen molar-refractivity contribution >= 4 is 17.3 Å². The highest BCUT2D eigenvalue weighted by Gasteiger charge is 2.41. The maximum Gasteiger partial charge on any atom is 0.387 e. The minimum Gasteiger partial charge on any atom is -0.464 e. The SMILES string of the molecule is FC(F)Oc1ccccc1[C@@H]1Oc2ccccc2[C@@H]2CC(c3ccc(Cl)cc3)=NN21. The van der Waals surface area contributed by atoms with E-state index in [1.807, 2.05) is 53.5 Å². The zero-order valence-corrected chi connectivity index (χ0v) is 16.5. The van der Waals surface area contributed by atoms with Crippen LogP contribution in [-0.4, -0.2) is 17.3 Å². The van der Waals surface area contributed by atoms with Gasteiger partial charge in [0, 0.05) is 17.0 Å². The minimum atomic E-state index is -2.93. The normalized spacial score (nSPS) is 19.7. The van der Waals surface area contributed by atoms with E-state index in [2.05, 4.69) is 0 Å². The highest BCUT2D eigenvalue weighted by molar-refractivity contribution is 6.30. The average Bonchev–Trinajstić information content (AvgIpc) is 3.19. The Bertz CT molecular complexity index is 1100. The van der Waals surface area contributed by atoms with Crippen LogP contribution in [0.5, 0.6) is 11.5 Å². The molecule has 0 saturated heterocycles. The number of ether oxygens (including phenoxy) is 2. The maximum absolute atomic E-state index is 13.0. The lowest BCUT2D eigenvalue weighted by Gasteiger charge is -2.38. The monoisotopic (exact) mass is 426 g/mol. The Morgan fingerprint density at radius 1 is 0.967 bits per heavy atom. The fraction of sp³-hybridized carbons (Fsp3) is 0.174. The molecular formula is C23H17ClF2N2O2. The number of alkyl halides is 2. The van der Waals surface area contributed by atoms with Gasteiger partial charge in [0.1, 0.15) is 11.5 Å². The molecule has 5 rings (SSSR count).